The first kappa shape index (κ1) is 17.1. The number of hydrogen-bond acceptors (Lipinski definition) is 0. The van der Waals surface area contributed by atoms with Crippen molar-refractivity contribution >= 4 is 5.57 Å². The highest BCUT2D eigenvalue weighted by molar-refractivity contribution is 5.75. The molecular weight excluding hydrogens is 300 g/mol. The lowest BCUT2D eigenvalue weighted by atomic mass is 9.59. The fraction of sp³-hybridized carbons (Fsp3) is 0.600. The minimum absolute atomic E-state index is 0.464. The van der Waals surface area contributed by atoms with Crippen LogP contribution in [0.3, 0.4) is 0 Å². The van der Waals surface area contributed by atoms with Gasteiger partial charge in [-0.2, -0.15) is 0 Å². The largest absolute Gasteiger partial charge is 0.0768 e. The van der Waals surface area contributed by atoms with Gasteiger partial charge in [0.05, 0.1) is 0 Å². The van der Waals surface area contributed by atoms with Crippen LogP contribution in [0.5, 0.6) is 0 Å². The van der Waals surface area contributed by atoms with Crippen LogP contribution in [0.2, 0.25) is 0 Å². The Kier molecular flexibility index (Phi) is 5.44. The second-order valence-corrected chi connectivity index (χ2v) is 8.70. The minimum Gasteiger partial charge on any atom is -0.0768 e. The number of benzene rings is 1. The van der Waals surface area contributed by atoms with E-state index in [4.69, 9.17) is 0 Å². The van der Waals surface area contributed by atoms with E-state index in [1.807, 2.05) is 0 Å². The van der Waals surface area contributed by atoms with Gasteiger partial charge in [0.2, 0.25) is 0 Å². The second kappa shape index (κ2) is 7.94. The van der Waals surface area contributed by atoms with E-state index in [1.165, 1.54) is 88.2 Å². The van der Waals surface area contributed by atoms with Gasteiger partial charge in [0.15, 0.2) is 0 Å². The summed E-state index contributed by atoms with van der Waals surface area (Å²) in [6.07, 6.45) is 25.1. The maximum atomic E-state index is 2.69. The van der Waals surface area contributed by atoms with Crippen LogP contribution < -0.4 is 0 Å². The Labute approximate surface area is 154 Å². The lowest BCUT2D eigenvalue weighted by molar-refractivity contribution is 0.107. The third kappa shape index (κ3) is 3.64. The van der Waals surface area contributed by atoms with Gasteiger partial charge in [-0.1, -0.05) is 93.5 Å². The first-order valence-electron chi connectivity index (χ1n) is 10.8. The molecule has 1 unspecified atom stereocenters. The topological polar surface area (TPSA) is 0 Å². The van der Waals surface area contributed by atoms with E-state index in [9.17, 15) is 0 Å². The number of allylic oxidation sites excluding steroid dienone is 4. The molecule has 0 heteroatoms. The Hall–Kier alpha value is -1.30. The van der Waals surface area contributed by atoms with Crippen molar-refractivity contribution in [2.24, 2.45) is 17.3 Å². The summed E-state index contributed by atoms with van der Waals surface area (Å²) in [5.41, 5.74) is 3.29. The predicted octanol–water partition coefficient (Wildman–Crippen LogP) is 7.57. The molecule has 1 atom stereocenters. The van der Waals surface area contributed by atoms with Gasteiger partial charge in [-0.25, -0.2) is 0 Å². The monoisotopic (exact) mass is 334 g/mol. The van der Waals surface area contributed by atoms with Crippen LogP contribution in [-0.2, 0) is 0 Å². The Morgan fingerprint density at radius 1 is 0.680 bits per heavy atom. The van der Waals surface area contributed by atoms with E-state index >= 15 is 0 Å². The van der Waals surface area contributed by atoms with Gasteiger partial charge in [0.1, 0.15) is 0 Å². The minimum atomic E-state index is 0.464. The Balaban J connectivity index is 1.59. The van der Waals surface area contributed by atoms with Gasteiger partial charge in [-0.15, -0.1) is 0 Å². The van der Waals surface area contributed by atoms with Crippen LogP contribution >= 0.6 is 0 Å². The van der Waals surface area contributed by atoms with Gasteiger partial charge in [0, 0.05) is 0 Å². The molecule has 2 saturated carbocycles. The molecule has 3 aliphatic carbocycles. The van der Waals surface area contributed by atoms with Crippen LogP contribution in [0.4, 0.5) is 0 Å². The molecule has 0 amide bonds. The van der Waals surface area contributed by atoms with E-state index in [-0.39, 0.29) is 0 Å². The number of rotatable bonds is 3. The lowest BCUT2D eigenvalue weighted by Crippen LogP contribution is -2.36. The zero-order valence-corrected chi connectivity index (χ0v) is 15.8. The highest BCUT2D eigenvalue weighted by Crippen LogP contribution is 2.54. The molecule has 1 aromatic rings. The molecule has 3 aliphatic rings. The van der Waals surface area contributed by atoms with Gasteiger partial charge < -0.3 is 0 Å². The Morgan fingerprint density at radius 2 is 1.24 bits per heavy atom. The summed E-state index contributed by atoms with van der Waals surface area (Å²) < 4.78 is 0. The quantitative estimate of drug-likeness (QED) is 0.534. The van der Waals surface area contributed by atoms with Crippen molar-refractivity contribution in [1.82, 2.24) is 0 Å². The average molecular weight is 335 g/mol. The molecule has 0 aromatic heterocycles. The maximum absolute atomic E-state index is 2.69. The van der Waals surface area contributed by atoms with E-state index in [0.29, 0.717) is 5.41 Å². The van der Waals surface area contributed by atoms with E-state index in [0.717, 1.165) is 11.8 Å². The predicted molar refractivity (Wildman–Crippen MR) is 108 cm³/mol. The SMILES string of the molecule is C1=CC(C2CCCCCCC2)(C2CCCC2)CC=C1c1ccccc1. The third-order valence-corrected chi connectivity index (χ3v) is 7.34. The van der Waals surface area contributed by atoms with Crippen molar-refractivity contribution in [3.05, 3.63) is 54.1 Å². The highest BCUT2D eigenvalue weighted by atomic mass is 14.5. The van der Waals surface area contributed by atoms with Gasteiger partial charge in [0.25, 0.3) is 0 Å². The molecule has 0 nitrogen and oxygen atoms in total. The first-order chi connectivity index (χ1) is 12.4. The van der Waals surface area contributed by atoms with Gasteiger partial charge >= 0.3 is 0 Å². The summed E-state index contributed by atoms with van der Waals surface area (Å²) in [6, 6.07) is 11.0. The van der Waals surface area contributed by atoms with Crippen LogP contribution in [0.1, 0.15) is 82.6 Å². The van der Waals surface area contributed by atoms with Crippen LogP contribution in [0.15, 0.2) is 48.6 Å². The summed E-state index contributed by atoms with van der Waals surface area (Å²) in [7, 11) is 0. The molecule has 0 radical (unpaired) electrons. The molecule has 0 heterocycles. The standard InChI is InChI=1S/C25H34/c1-2-7-13-23(14-8-3-1)25(24-15-9-10-16-24)19-17-22(18-20-25)21-11-5-4-6-12-21/h4-6,11-12,17-19,23-24H,1-3,7-10,13-16,20H2. The molecular formula is C25H34. The van der Waals surface area contributed by atoms with Crippen LogP contribution in [0, 0.1) is 17.3 Å². The van der Waals surface area contributed by atoms with Gasteiger partial charge in [-0.3, -0.25) is 0 Å². The fourth-order valence-corrected chi connectivity index (χ4v) is 5.91. The van der Waals surface area contributed by atoms with Crippen molar-refractivity contribution in [3.8, 4) is 0 Å². The van der Waals surface area contributed by atoms with E-state index in [1.54, 1.807) is 0 Å². The van der Waals surface area contributed by atoms with E-state index < -0.39 is 0 Å². The summed E-state index contributed by atoms with van der Waals surface area (Å²) in [4.78, 5) is 0. The molecule has 2 fully saturated rings. The van der Waals surface area contributed by atoms with Crippen molar-refractivity contribution in [3.63, 3.8) is 0 Å². The maximum Gasteiger partial charge on any atom is -0.00237 e. The number of hydrogen-bond donors (Lipinski definition) is 0. The summed E-state index contributed by atoms with van der Waals surface area (Å²) in [5, 5.41) is 0. The van der Waals surface area contributed by atoms with Crippen LogP contribution in [0.25, 0.3) is 5.57 Å². The molecule has 1 aromatic carbocycles. The molecule has 0 N–H and O–H groups in total. The third-order valence-electron chi connectivity index (χ3n) is 7.34. The second-order valence-electron chi connectivity index (χ2n) is 8.70. The molecule has 0 saturated heterocycles. The lowest BCUT2D eigenvalue weighted by Gasteiger charge is -2.45. The molecule has 25 heavy (non-hydrogen) atoms. The molecule has 0 aliphatic heterocycles. The zero-order chi connectivity index (χ0) is 17.0. The zero-order valence-electron chi connectivity index (χ0n) is 15.8. The normalized spacial score (nSPS) is 29.2. The molecule has 0 bridgehead atoms. The molecule has 4 rings (SSSR count). The summed E-state index contributed by atoms with van der Waals surface area (Å²) >= 11 is 0. The van der Waals surface area contributed by atoms with E-state index in [2.05, 4.69) is 48.6 Å². The van der Waals surface area contributed by atoms with Crippen molar-refractivity contribution in [2.45, 2.75) is 77.0 Å². The van der Waals surface area contributed by atoms with Crippen LogP contribution in [-0.4, -0.2) is 0 Å². The van der Waals surface area contributed by atoms with Gasteiger partial charge in [-0.05, 0) is 60.5 Å². The summed E-state index contributed by atoms with van der Waals surface area (Å²) in [5.74, 6) is 1.85. The van der Waals surface area contributed by atoms with Crippen molar-refractivity contribution in [2.75, 3.05) is 0 Å². The highest BCUT2D eigenvalue weighted by Gasteiger charge is 2.44. The van der Waals surface area contributed by atoms with Crippen molar-refractivity contribution < 1.29 is 0 Å². The smallest absolute Gasteiger partial charge is 0.00237 e. The Morgan fingerprint density at radius 3 is 1.80 bits per heavy atom. The van der Waals surface area contributed by atoms with Crippen molar-refractivity contribution in [1.29, 1.82) is 0 Å². The summed E-state index contributed by atoms with van der Waals surface area (Å²) in [6.45, 7) is 0. The first-order valence-corrected chi connectivity index (χ1v) is 10.8. The molecule has 134 valence electrons. The average Bonchev–Trinajstić information content (AvgIpc) is 3.18. The molecule has 0 spiro atoms. The fourth-order valence-electron chi connectivity index (χ4n) is 5.91. The Bertz CT molecular complexity index is 594.